The Hall–Kier alpha value is -3.52. The van der Waals surface area contributed by atoms with Gasteiger partial charge in [-0.15, -0.1) is 0 Å². The van der Waals surface area contributed by atoms with Crippen LogP contribution < -0.4 is 4.74 Å². The quantitative estimate of drug-likeness (QED) is 0.299. The van der Waals surface area contributed by atoms with E-state index in [1.54, 1.807) is 7.11 Å². The van der Waals surface area contributed by atoms with Crippen LogP contribution in [0.2, 0.25) is 0 Å². The van der Waals surface area contributed by atoms with Gasteiger partial charge in [-0.3, -0.25) is 0 Å². The Morgan fingerprint density at radius 2 is 1.30 bits per heavy atom. The van der Waals surface area contributed by atoms with Gasteiger partial charge in [0.25, 0.3) is 0 Å². The van der Waals surface area contributed by atoms with Gasteiger partial charge in [0.2, 0.25) is 0 Å². The Kier molecular flexibility index (Phi) is 7.96. The molecule has 6 nitrogen and oxygen atoms in total. The van der Waals surface area contributed by atoms with Crippen molar-refractivity contribution in [1.82, 2.24) is 0 Å². The van der Waals surface area contributed by atoms with Gasteiger partial charge in [-0.25, -0.2) is 0 Å². The molecule has 40 heavy (non-hydrogen) atoms. The molecule has 0 radical (unpaired) electrons. The van der Waals surface area contributed by atoms with Crippen LogP contribution in [0.4, 0.5) is 0 Å². The summed E-state index contributed by atoms with van der Waals surface area (Å²) in [6.07, 6.45) is -1.98. The molecule has 206 valence electrons. The zero-order valence-corrected chi connectivity index (χ0v) is 22.5. The van der Waals surface area contributed by atoms with E-state index in [9.17, 15) is 5.11 Å². The Balaban J connectivity index is 1.38. The monoisotopic (exact) mass is 538 g/mol. The van der Waals surface area contributed by atoms with Gasteiger partial charge >= 0.3 is 0 Å². The lowest BCUT2D eigenvalue weighted by molar-refractivity contribution is -0.310. The Bertz CT molecular complexity index is 1310. The molecular formula is C34H34O6. The molecule has 4 aromatic carbocycles. The highest BCUT2D eigenvalue weighted by Gasteiger charge is 2.47. The smallest absolute Gasteiger partial charge is 0.184 e. The average Bonchev–Trinajstić information content (AvgIpc) is 3.03. The Labute approximate surface area is 235 Å². The number of methoxy groups -OCH3 is 1. The van der Waals surface area contributed by atoms with E-state index in [1.165, 1.54) is 0 Å². The number of aliphatic hydroxyl groups is 1. The van der Waals surface area contributed by atoms with Crippen molar-refractivity contribution in [3.05, 3.63) is 138 Å². The van der Waals surface area contributed by atoms with Gasteiger partial charge in [-0.2, -0.15) is 0 Å². The number of hydrogen-bond donors (Lipinski definition) is 1. The minimum atomic E-state index is -0.938. The van der Waals surface area contributed by atoms with Crippen molar-refractivity contribution in [3.8, 4) is 5.75 Å². The Morgan fingerprint density at radius 3 is 1.90 bits per heavy atom. The van der Waals surface area contributed by atoms with Gasteiger partial charge in [-0.1, -0.05) is 103 Å². The van der Waals surface area contributed by atoms with E-state index in [0.717, 1.165) is 28.0 Å². The van der Waals surface area contributed by atoms with Gasteiger partial charge in [0, 0.05) is 11.5 Å². The molecule has 2 saturated heterocycles. The molecule has 0 bridgehead atoms. The molecule has 6 heteroatoms. The van der Waals surface area contributed by atoms with E-state index < -0.39 is 24.1 Å². The molecule has 6 rings (SSSR count). The summed E-state index contributed by atoms with van der Waals surface area (Å²) in [6.45, 7) is 0.821. The molecule has 0 aromatic heterocycles. The molecule has 0 amide bonds. The maximum atomic E-state index is 11.2. The number of ether oxygens (including phenoxy) is 5. The summed E-state index contributed by atoms with van der Waals surface area (Å²) in [5, 5.41) is 11.2. The molecule has 2 aliphatic rings. The third-order valence-electron chi connectivity index (χ3n) is 7.88. The highest BCUT2D eigenvalue weighted by atomic mass is 16.7. The van der Waals surface area contributed by atoms with E-state index >= 15 is 0 Å². The summed E-state index contributed by atoms with van der Waals surface area (Å²) < 4.78 is 31.0. The van der Waals surface area contributed by atoms with Crippen LogP contribution in [0.15, 0.2) is 115 Å². The molecule has 2 heterocycles. The first kappa shape index (κ1) is 26.7. The predicted molar refractivity (Wildman–Crippen MR) is 151 cm³/mol. The van der Waals surface area contributed by atoms with Gasteiger partial charge in [0.1, 0.15) is 17.5 Å². The van der Waals surface area contributed by atoms with Crippen LogP contribution in [0.5, 0.6) is 5.75 Å². The molecular weight excluding hydrogens is 504 g/mol. The normalized spacial score (nSPS) is 24.7. The third kappa shape index (κ3) is 5.17. The number of rotatable bonds is 8. The number of aliphatic hydroxyl groups excluding tert-OH is 1. The molecule has 2 aliphatic heterocycles. The van der Waals surface area contributed by atoms with Crippen LogP contribution in [0.25, 0.3) is 0 Å². The molecule has 0 unspecified atom stereocenters. The fourth-order valence-corrected chi connectivity index (χ4v) is 5.76. The van der Waals surface area contributed by atoms with E-state index in [0.29, 0.717) is 6.61 Å². The molecule has 5 atom stereocenters. The maximum Gasteiger partial charge on any atom is 0.184 e. The first-order valence-corrected chi connectivity index (χ1v) is 13.7. The molecule has 4 aromatic rings. The maximum absolute atomic E-state index is 11.2. The molecule has 0 saturated carbocycles. The topological polar surface area (TPSA) is 66.4 Å². The summed E-state index contributed by atoms with van der Waals surface area (Å²) in [4.78, 5) is 0. The van der Waals surface area contributed by atoms with Crippen LogP contribution in [0.3, 0.4) is 0 Å². The SMILES string of the molecule is COc1ccc(C(OC[C@@H]2[C@@H]3O[C@H](c4ccccc4)OC[C@H]3OC[C@@H]2O)(c2ccccc2)c2ccccc2)cc1. The number of hydrogen-bond acceptors (Lipinski definition) is 6. The number of benzene rings is 4. The lowest BCUT2D eigenvalue weighted by Crippen LogP contribution is -2.57. The summed E-state index contributed by atoms with van der Waals surface area (Å²) >= 11 is 0. The van der Waals surface area contributed by atoms with Crippen molar-refractivity contribution in [3.63, 3.8) is 0 Å². The average molecular weight is 539 g/mol. The summed E-state index contributed by atoms with van der Waals surface area (Å²) in [7, 11) is 1.66. The second-order valence-electron chi connectivity index (χ2n) is 10.2. The zero-order chi connectivity index (χ0) is 27.4. The summed E-state index contributed by atoms with van der Waals surface area (Å²) in [6, 6.07) is 38.2. The molecule has 1 N–H and O–H groups in total. The minimum absolute atomic E-state index is 0.199. The highest BCUT2D eigenvalue weighted by Crippen LogP contribution is 2.43. The van der Waals surface area contributed by atoms with Crippen LogP contribution in [0.1, 0.15) is 28.5 Å². The minimum Gasteiger partial charge on any atom is -0.497 e. The van der Waals surface area contributed by atoms with Gasteiger partial charge in [-0.05, 0) is 28.8 Å². The van der Waals surface area contributed by atoms with Crippen LogP contribution in [-0.4, -0.2) is 50.3 Å². The van der Waals surface area contributed by atoms with Gasteiger partial charge < -0.3 is 28.8 Å². The van der Waals surface area contributed by atoms with Gasteiger partial charge in [0.15, 0.2) is 6.29 Å². The summed E-state index contributed by atoms with van der Waals surface area (Å²) in [5.41, 5.74) is 2.92. The largest absolute Gasteiger partial charge is 0.497 e. The Morgan fingerprint density at radius 1 is 0.725 bits per heavy atom. The van der Waals surface area contributed by atoms with Crippen molar-refractivity contribution in [2.24, 2.45) is 5.92 Å². The highest BCUT2D eigenvalue weighted by molar-refractivity contribution is 5.48. The molecule has 0 spiro atoms. The van der Waals surface area contributed by atoms with E-state index in [1.807, 2.05) is 91.0 Å². The molecule has 2 fully saturated rings. The lowest BCUT2D eigenvalue weighted by Gasteiger charge is -2.46. The van der Waals surface area contributed by atoms with Crippen molar-refractivity contribution >= 4 is 0 Å². The van der Waals surface area contributed by atoms with Crippen molar-refractivity contribution in [2.75, 3.05) is 26.9 Å². The second kappa shape index (κ2) is 11.9. The van der Waals surface area contributed by atoms with Crippen molar-refractivity contribution in [2.45, 2.75) is 30.2 Å². The zero-order valence-electron chi connectivity index (χ0n) is 22.5. The standard InChI is InChI=1S/C34H34O6/c1-36-28-19-17-27(18-20-28)34(25-13-7-3-8-14-25,26-15-9-4-10-16-26)39-21-29-30(35)22-37-31-23-38-33(40-32(29)31)24-11-5-2-6-12-24/h2-20,29-33,35H,21-23H2,1H3/t29-,30-,31+,32-,33+/m0/s1. The van der Waals surface area contributed by atoms with E-state index in [-0.39, 0.29) is 25.2 Å². The van der Waals surface area contributed by atoms with Gasteiger partial charge in [0.05, 0.1) is 39.1 Å². The fourth-order valence-electron chi connectivity index (χ4n) is 5.76. The summed E-state index contributed by atoms with van der Waals surface area (Å²) in [5.74, 6) is 0.433. The lowest BCUT2D eigenvalue weighted by atomic mass is 9.79. The van der Waals surface area contributed by atoms with Crippen molar-refractivity contribution in [1.29, 1.82) is 0 Å². The van der Waals surface area contributed by atoms with Crippen molar-refractivity contribution < 1.29 is 28.8 Å². The second-order valence-corrected chi connectivity index (χ2v) is 10.2. The number of fused-ring (bicyclic) bond motifs is 1. The van der Waals surface area contributed by atoms with Crippen LogP contribution in [0, 0.1) is 5.92 Å². The third-order valence-corrected chi connectivity index (χ3v) is 7.88. The van der Waals surface area contributed by atoms with Crippen LogP contribution >= 0.6 is 0 Å². The van der Waals surface area contributed by atoms with E-state index in [4.69, 9.17) is 23.7 Å². The van der Waals surface area contributed by atoms with Crippen LogP contribution in [-0.2, 0) is 24.5 Å². The molecule has 0 aliphatic carbocycles. The predicted octanol–water partition coefficient (Wildman–Crippen LogP) is 5.49. The first-order valence-electron chi connectivity index (χ1n) is 13.7. The van der Waals surface area contributed by atoms with E-state index in [2.05, 4.69) is 24.3 Å². The fraction of sp³-hybridized carbons (Fsp3) is 0.294. The first-order chi connectivity index (χ1) is 19.7.